The van der Waals surface area contributed by atoms with Crippen LogP contribution in [0.5, 0.6) is 0 Å². The zero-order chi connectivity index (χ0) is 44.6. The van der Waals surface area contributed by atoms with E-state index in [1.807, 2.05) is 0 Å². The normalized spacial score (nSPS) is 21.9. The summed E-state index contributed by atoms with van der Waals surface area (Å²) in [5.41, 5.74) is 19.4. The number of benzene rings is 9. The van der Waals surface area contributed by atoms with Gasteiger partial charge in [0.2, 0.25) is 0 Å². The summed E-state index contributed by atoms with van der Waals surface area (Å²) in [5.74, 6) is 3.72. The first-order valence-corrected chi connectivity index (χ1v) is 24.7. The van der Waals surface area contributed by atoms with Crippen molar-refractivity contribution in [3.05, 3.63) is 217 Å². The first-order chi connectivity index (χ1) is 32.8. The number of rotatable bonds is 7. The highest BCUT2D eigenvalue weighted by atomic mass is 15.1. The Morgan fingerprint density at radius 3 is 1.91 bits per heavy atom. The molecule has 0 aliphatic heterocycles. The average molecular weight is 863 g/mol. The third-order valence-electron chi connectivity index (χ3n) is 17.2. The number of para-hydroxylation sites is 1. The molecule has 324 valence electrons. The number of fused-ring (bicyclic) bond motifs is 8. The maximum absolute atomic E-state index is 2.49. The molecule has 1 heterocycles. The van der Waals surface area contributed by atoms with Gasteiger partial charge in [0.1, 0.15) is 0 Å². The summed E-state index contributed by atoms with van der Waals surface area (Å²) in [5, 5.41) is 5.07. The summed E-state index contributed by atoms with van der Waals surface area (Å²) in [4.78, 5) is 2.45. The molecule has 1 aromatic heterocycles. The lowest BCUT2D eigenvalue weighted by Crippen LogP contribution is -2.65. The largest absolute Gasteiger partial charge is 0.310 e. The van der Waals surface area contributed by atoms with E-state index in [4.69, 9.17) is 0 Å². The summed E-state index contributed by atoms with van der Waals surface area (Å²) < 4.78 is 2.46. The van der Waals surface area contributed by atoms with Crippen molar-refractivity contribution >= 4 is 49.6 Å². The Hall–Kier alpha value is -7.16. The van der Waals surface area contributed by atoms with Gasteiger partial charge in [0.15, 0.2) is 0 Å². The Morgan fingerprint density at radius 2 is 1.13 bits per heavy atom. The van der Waals surface area contributed by atoms with Gasteiger partial charge >= 0.3 is 0 Å². The van der Waals surface area contributed by atoms with Gasteiger partial charge in [-0.3, -0.25) is 0 Å². The first-order valence-electron chi connectivity index (χ1n) is 24.7. The van der Waals surface area contributed by atoms with Gasteiger partial charge in [-0.05, 0) is 165 Å². The summed E-state index contributed by atoms with van der Waals surface area (Å²) in [7, 11) is 0. The number of hydrogen-bond acceptors (Lipinski definition) is 1. The van der Waals surface area contributed by atoms with Crippen LogP contribution in [0.25, 0.3) is 71.6 Å². The quantitative estimate of drug-likeness (QED) is 0.155. The molecule has 14 rings (SSSR count). The van der Waals surface area contributed by atoms with E-state index in [2.05, 4.69) is 230 Å². The van der Waals surface area contributed by atoms with Crippen molar-refractivity contribution < 1.29 is 0 Å². The molecule has 2 nitrogen and oxygen atoms in total. The molecule has 0 radical (unpaired) electrons. The molecule has 0 amide bonds. The van der Waals surface area contributed by atoms with E-state index in [1.165, 1.54) is 108 Å². The van der Waals surface area contributed by atoms with E-state index in [0.29, 0.717) is 5.41 Å². The van der Waals surface area contributed by atoms with Crippen molar-refractivity contribution in [2.45, 2.75) is 57.3 Å². The zero-order valence-electron chi connectivity index (χ0n) is 38.6. The molecular weight excluding hydrogens is 809 g/mol. The number of hydrogen-bond donors (Lipinski definition) is 0. The Morgan fingerprint density at radius 1 is 0.478 bits per heavy atom. The molecule has 4 aliphatic carbocycles. The first kappa shape index (κ1) is 39.0. The predicted octanol–water partition coefficient (Wildman–Crippen LogP) is 17.4. The zero-order valence-corrected chi connectivity index (χ0v) is 38.6. The summed E-state index contributed by atoms with van der Waals surface area (Å²) in [6, 6.07) is 75.5. The Kier molecular flexibility index (Phi) is 8.40. The van der Waals surface area contributed by atoms with Gasteiger partial charge in [-0.1, -0.05) is 166 Å². The van der Waals surface area contributed by atoms with Crippen molar-refractivity contribution in [3.63, 3.8) is 0 Å². The standard InChI is InChI=1S/C65H54N2/c1-41-35-47-36-48-40-65(39-41,62(47)48)49-26-19-42(20-27-49)43-21-28-50(29-22-43)66(53-32-34-56-55-15-6-8-17-59(55)64(2,3)60(56)38-53)51-30-23-44(24-31-51)46-12-10-13-52(37-46)67-61-18-9-7-16-57(61)58-33-25-45-11-4-5-14-54(45)63(58)67/h4-34,37-38,41,47-48,62H,35-36,39-40H2,1-3H3/t41-,47?,48-,62?,65-/m0/s1. The van der Waals surface area contributed by atoms with Crippen LogP contribution in [0.1, 0.15) is 63.1 Å². The van der Waals surface area contributed by atoms with Crippen LogP contribution in [0, 0.1) is 23.7 Å². The molecule has 5 atom stereocenters. The van der Waals surface area contributed by atoms with Gasteiger partial charge in [0.05, 0.1) is 11.0 Å². The van der Waals surface area contributed by atoms with E-state index in [0.717, 1.165) is 40.7 Å². The molecule has 2 unspecified atom stereocenters. The average Bonchev–Trinajstić information content (AvgIpc) is 3.81. The molecule has 4 aliphatic rings. The molecule has 2 heteroatoms. The number of nitrogens with zero attached hydrogens (tertiary/aromatic N) is 2. The van der Waals surface area contributed by atoms with E-state index in [1.54, 1.807) is 5.56 Å². The molecule has 0 spiro atoms. The number of anilines is 3. The highest BCUT2D eigenvalue weighted by Gasteiger charge is 2.65. The van der Waals surface area contributed by atoms with Crippen LogP contribution < -0.4 is 4.90 Å². The lowest BCUT2D eigenvalue weighted by molar-refractivity contribution is -0.159. The van der Waals surface area contributed by atoms with Crippen molar-refractivity contribution in [1.82, 2.24) is 4.57 Å². The van der Waals surface area contributed by atoms with Crippen molar-refractivity contribution in [3.8, 4) is 39.1 Å². The second-order valence-electron chi connectivity index (χ2n) is 21.2. The molecule has 0 saturated heterocycles. The monoisotopic (exact) mass is 862 g/mol. The minimum absolute atomic E-state index is 0.101. The van der Waals surface area contributed by atoms with Crippen molar-refractivity contribution in [1.29, 1.82) is 0 Å². The van der Waals surface area contributed by atoms with E-state index >= 15 is 0 Å². The summed E-state index contributed by atoms with van der Waals surface area (Å²) in [6.45, 7) is 7.24. The van der Waals surface area contributed by atoms with Gasteiger partial charge in [-0.25, -0.2) is 0 Å². The van der Waals surface area contributed by atoms with E-state index < -0.39 is 0 Å². The van der Waals surface area contributed by atoms with Crippen molar-refractivity contribution in [2.75, 3.05) is 4.90 Å². The summed E-state index contributed by atoms with van der Waals surface area (Å²) >= 11 is 0. The van der Waals surface area contributed by atoms with Crippen LogP contribution in [0.3, 0.4) is 0 Å². The lowest BCUT2D eigenvalue weighted by Gasteiger charge is -2.70. The minimum atomic E-state index is -0.101. The van der Waals surface area contributed by atoms with Crippen LogP contribution in [-0.2, 0) is 10.8 Å². The second-order valence-corrected chi connectivity index (χ2v) is 21.2. The summed E-state index contributed by atoms with van der Waals surface area (Å²) in [6.07, 6.45) is 5.70. The van der Waals surface area contributed by atoms with Crippen LogP contribution in [-0.4, -0.2) is 4.57 Å². The molecule has 9 aromatic carbocycles. The third-order valence-corrected chi connectivity index (χ3v) is 17.2. The fourth-order valence-electron chi connectivity index (χ4n) is 14.2. The molecule has 10 aromatic rings. The minimum Gasteiger partial charge on any atom is -0.310 e. The molecule has 3 saturated carbocycles. The van der Waals surface area contributed by atoms with E-state index in [-0.39, 0.29) is 5.41 Å². The molecule has 3 fully saturated rings. The molecule has 0 N–H and O–H groups in total. The second kappa shape index (κ2) is 14.4. The lowest BCUT2D eigenvalue weighted by atomic mass is 9.34. The number of aromatic nitrogens is 1. The molecule has 0 bridgehead atoms. The van der Waals surface area contributed by atoms with Crippen LogP contribution in [0.15, 0.2) is 200 Å². The van der Waals surface area contributed by atoms with Crippen LogP contribution in [0.2, 0.25) is 0 Å². The smallest absolute Gasteiger partial charge is 0.0619 e. The van der Waals surface area contributed by atoms with Crippen LogP contribution in [0.4, 0.5) is 17.1 Å². The van der Waals surface area contributed by atoms with Crippen LogP contribution >= 0.6 is 0 Å². The van der Waals surface area contributed by atoms with E-state index in [9.17, 15) is 0 Å². The molecule has 67 heavy (non-hydrogen) atoms. The highest BCUT2D eigenvalue weighted by Crippen LogP contribution is 2.71. The maximum atomic E-state index is 2.49. The predicted molar refractivity (Wildman–Crippen MR) is 281 cm³/mol. The fourth-order valence-corrected chi connectivity index (χ4v) is 14.2. The SMILES string of the molecule is C[C@H]1CC2C[C@H]3C[C@](c4ccc(-c5ccc(N(c6ccc(-c7cccc(-n8c9ccccc9c9ccc%10ccccc%10c98)c7)cc6)c6ccc7c(c6)C(C)(C)c6ccccc6-7)cc5)cc4)(C1)C23. The van der Waals surface area contributed by atoms with Crippen molar-refractivity contribution in [2.24, 2.45) is 23.7 Å². The fraction of sp³-hybridized carbons (Fsp3) is 0.200. The topological polar surface area (TPSA) is 8.17 Å². The van der Waals surface area contributed by atoms with Gasteiger partial charge in [0, 0.05) is 44.3 Å². The van der Waals surface area contributed by atoms with Gasteiger partial charge in [-0.15, -0.1) is 0 Å². The Balaban J connectivity index is 0.831. The maximum Gasteiger partial charge on any atom is 0.0619 e. The van der Waals surface area contributed by atoms with Gasteiger partial charge in [0.25, 0.3) is 0 Å². The highest BCUT2D eigenvalue weighted by molar-refractivity contribution is 6.18. The van der Waals surface area contributed by atoms with Gasteiger partial charge < -0.3 is 9.47 Å². The Bertz CT molecular complexity index is 3590. The Labute approximate surface area is 394 Å². The van der Waals surface area contributed by atoms with Gasteiger partial charge in [-0.2, -0.15) is 0 Å². The third kappa shape index (κ3) is 5.75. The molecular formula is C65H54N2.